The van der Waals surface area contributed by atoms with Crippen molar-refractivity contribution in [1.29, 1.82) is 5.41 Å². The van der Waals surface area contributed by atoms with Crippen molar-refractivity contribution >= 4 is 11.8 Å². The molecule has 1 aromatic rings. The second kappa shape index (κ2) is 14.8. The zero-order valence-electron chi connectivity index (χ0n) is 16.0. The van der Waals surface area contributed by atoms with Gasteiger partial charge in [-0.1, -0.05) is 63.6 Å². The molecular weight excluding hydrogens is 282 g/mol. The van der Waals surface area contributed by atoms with E-state index in [1.54, 1.807) is 7.11 Å². The van der Waals surface area contributed by atoms with Crippen LogP contribution in [0, 0.1) is 5.41 Å². The summed E-state index contributed by atoms with van der Waals surface area (Å²) in [7, 11) is 1.65. The second-order valence-corrected chi connectivity index (χ2v) is 4.56. The highest BCUT2D eigenvalue weighted by Gasteiger charge is 2.02. The van der Waals surface area contributed by atoms with Crippen LogP contribution in [0.3, 0.4) is 0 Å². The van der Waals surface area contributed by atoms with E-state index in [1.807, 2.05) is 65.0 Å². The molecule has 0 spiro atoms. The third-order valence-corrected chi connectivity index (χ3v) is 2.74. The van der Waals surface area contributed by atoms with Crippen LogP contribution in [0.5, 0.6) is 0 Å². The molecule has 0 aromatic heterocycles. The summed E-state index contributed by atoms with van der Waals surface area (Å²) < 4.78 is 5.37. The molecule has 0 amide bonds. The minimum absolute atomic E-state index is 0.751. The molecule has 1 rings (SSSR count). The first kappa shape index (κ1) is 23.2. The van der Waals surface area contributed by atoms with Gasteiger partial charge < -0.3 is 10.1 Å². The van der Waals surface area contributed by atoms with Crippen LogP contribution in [0.2, 0.25) is 0 Å². The smallest absolute Gasteiger partial charge is 0.119 e. The fourth-order valence-corrected chi connectivity index (χ4v) is 1.70. The topological polar surface area (TPSA) is 33.1 Å². The first-order valence-corrected chi connectivity index (χ1v) is 8.26. The van der Waals surface area contributed by atoms with Crippen molar-refractivity contribution in [3.8, 4) is 0 Å². The number of nitrogens with one attached hydrogen (secondary N) is 1. The number of methoxy groups -OCH3 is 1. The van der Waals surface area contributed by atoms with Gasteiger partial charge in [0.2, 0.25) is 0 Å². The average Bonchev–Trinajstić information content (AvgIpc) is 2.62. The molecule has 23 heavy (non-hydrogen) atoms. The summed E-state index contributed by atoms with van der Waals surface area (Å²) in [6.45, 7) is 14.0. The second-order valence-electron chi connectivity index (χ2n) is 4.56. The molecule has 0 bridgehead atoms. The Labute approximate surface area is 143 Å². The van der Waals surface area contributed by atoms with Crippen LogP contribution >= 0.6 is 0 Å². The van der Waals surface area contributed by atoms with Crippen LogP contribution < -0.4 is 0 Å². The third-order valence-electron chi connectivity index (χ3n) is 2.74. The fourth-order valence-electron chi connectivity index (χ4n) is 1.70. The zero-order valence-corrected chi connectivity index (χ0v) is 16.0. The van der Waals surface area contributed by atoms with Crippen molar-refractivity contribution in [2.75, 3.05) is 7.11 Å². The van der Waals surface area contributed by atoms with Gasteiger partial charge in [-0.3, -0.25) is 0 Å². The number of benzene rings is 1. The third kappa shape index (κ3) is 9.51. The van der Waals surface area contributed by atoms with Crippen LogP contribution in [-0.4, -0.2) is 13.3 Å². The molecule has 0 aliphatic heterocycles. The van der Waals surface area contributed by atoms with Crippen molar-refractivity contribution in [3.63, 3.8) is 0 Å². The quantitative estimate of drug-likeness (QED) is 0.368. The Bertz CT molecular complexity index is 518. The maximum atomic E-state index is 7.22. The van der Waals surface area contributed by atoms with E-state index in [4.69, 9.17) is 10.1 Å². The minimum Gasteiger partial charge on any atom is -0.497 e. The van der Waals surface area contributed by atoms with Crippen LogP contribution in [0.25, 0.3) is 5.57 Å². The van der Waals surface area contributed by atoms with E-state index in [1.165, 1.54) is 11.8 Å². The standard InChI is InChI=1S/C17H21NO.2C2H6/c1-13(2)17(15-8-6-5-7-9-15)11-16(19-4)10-14(3)12-18;2*1-2/h5-12,18H,1-4H3;2*1-2H3/b14-10+,16-11+,18-12?;;. The Hall–Kier alpha value is -2.09. The molecule has 0 unspecified atom stereocenters. The van der Waals surface area contributed by atoms with E-state index >= 15 is 0 Å². The molecule has 0 aliphatic carbocycles. The summed E-state index contributed by atoms with van der Waals surface area (Å²) >= 11 is 0. The van der Waals surface area contributed by atoms with Crippen LogP contribution in [-0.2, 0) is 4.74 Å². The van der Waals surface area contributed by atoms with Crippen molar-refractivity contribution in [2.45, 2.75) is 48.5 Å². The van der Waals surface area contributed by atoms with Gasteiger partial charge in [0.1, 0.15) is 5.76 Å². The van der Waals surface area contributed by atoms with Crippen molar-refractivity contribution in [1.82, 2.24) is 0 Å². The number of ether oxygens (including phenoxy) is 1. The molecule has 0 atom stereocenters. The fraction of sp³-hybridized carbons (Fsp3) is 0.381. The lowest BCUT2D eigenvalue weighted by molar-refractivity contribution is 0.307. The Kier molecular flexibility index (Phi) is 14.9. The molecule has 0 saturated heterocycles. The highest BCUT2D eigenvalue weighted by molar-refractivity contribution is 5.79. The molecule has 0 radical (unpaired) electrons. The highest BCUT2D eigenvalue weighted by Crippen LogP contribution is 2.22. The molecule has 1 aromatic carbocycles. The van der Waals surface area contributed by atoms with Gasteiger partial charge in [-0.15, -0.1) is 0 Å². The lowest BCUT2D eigenvalue weighted by Gasteiger charge is -2.08. The summed E-state index contributed by atoms with van der Waals surface area (Å²) in [6, 6.07) is 10.2. The molecular formula is C21H33NO. The Morgan fingerprint density at radius 3 is 1.83 bits per heavy atom. The Balaban J connectivity index is 0. The minimum atomic E-state index is 0.751. The van der Waals surface area contributed by atoms with E-state index in [2.05, 4.69) is 26.0 Å². The predicted molar refractivity (Wildman–Crippen MR) is 105 cm³/mol. The molecule has 0 saturated carbocycles. The summed E-state index contributed by atoms with van der Waals surface area (Å²) in [4.78, 5) is 0. The highest BCUT2D eigenvalue weighted by atomic mass is 16.5. The monoisotopic (exact) mass is 315 g/mol. The van der Waals surface area contributed by atoms with Gasteiger partial charge in [-0.2, -0.15) is 0 Å². The largest absolute Gasteiger partial charge is 0.497 e. The van der Waals surface area contributed by atoms with E-state index in [9.17, 15) is 0 Å². The van der Waals surface area contributed by atoms with Gasteiger partial charge in [-0.05, 0) is 49.6 Å². The van der Waals surface area contributed by atoms with Gasteiger partial charge in [0.25, 0.3) is 0 Å². The number of hydrogen-bond acceptors (Lipinski definition) is 2. The molecule has 0 fully saturated rings. The van der Waals surface area contributed by atoms with E-state index in [0.29, 0.717) is 0 Å². The van der Waals surface area contributed by atoms with Crippen molar-refractivity contribution in [2.24, 2.45) is 0 Å². The molecule has 2 heteroatoms. The van der Waals surface area contributed by atoms with Gasteiger partial charge in [0.15, 0.2) is 0 Å². The maximum Gasteiger partial charge on any atom is 0.119 e. The average molecular weight is 316 g/mol. The van der Waals surface area contributed by atoms with Crippen molar-refractivity contribution in [3.05, 3.63) is 65.0 Å². The van der Waals surface area contributed by atoms with Gasteiger partial charge in [0, 0.05) is 6.21 Å². The van der Waals surface area contributed by atoms with E-state index in [-0.39, 0.29) is 0 Å². The summed E-state index contributed by atoms with van der Waals surface area (Å²) in [6.07, 6.45) is 5.19. The van der Waals surface area contributed by atoms with Crippen molar-refractivity contribution < 1.29 is 4.74 Å². The normalized spacial score (nSPS) is 10.4. The Morgan fingerprint density at radius 2 is 1.43 bits per heavy atom. The number of allylic oxidation sites excluding steroid dienone is 5. The molecule has 2 nitrogen and oxygen atoms in total. The molecule has 0 aliphatic rings. The number of hydrogen-bond donors (Lipinski definition) is 1. The van der Waals surface area contributed by atoms with Crippen LogP contribution in [0.15, 0.2) is 59.4 Å². The Morgan fingerprint density at radius 1 is 0.913 bits per heavy atom. The first-order chi connectivity index (χ1) is 11.1. The first-order valence-electron chi connectivity index (χ1n) is 8.26. The predicted octanol–water partition coefficient (Wildman–Crippen LogP) is 6.66. The SMILES string of the molecule is CC.CC.COC(/C=C(\C)C=N)=C/C(=C(C)C)c1ccccc1. The van der Waals surface area contributed by atoms with Gasteiger partial charge in [-0.25, -0.2) is 0 Å². The van der Waals surface area contributed by atoms with Crippen LogP contribution in [0.4, 0.5) is 0 Å². The molecule has 0 heterocycles. The lowest BCUT2D eigenvalue weighted by Crippen LogP contribution is -1.90. The summed E-state index contributed by atoms with van der Waals surface area (Å²) in [5, 5.41) is 7.22. The lowest BCUT2D eigenvalue weighted by atomic mass is 10.0. The van der Waals surface area contributed by atoms with Gasteiger partial charge in [0.05, 0.1) is 7.11 Å². The van der Waals surface area contributed by atoms with Crippen LogP contribution in [0.1, 0.15) is 54.0 Å². The maximum absolute atomic E-state index is 7.22. The van der Waals surface area contributed by atoms with Gasteiger partial charge >= 0.3 is 0 Å². The molecule has 128 valence electrons. The van der Waals surface area contributed by atoms with E-state index < -0.39 is 0 Å². The zero-order chi connectivity index (χ0) is 18.3. The summed E-state index contributed by atoms with van der Waals surface area (Å²) in [5.74, 6) is 0.751. The summed E-state index contributed by atoms with van der Waals surface area (Å²) in [5.41, 5.74) is 4.39. The number of rotatable bonds is 5. The van der Waals surface area contributed by atoms with E-state index in [0.717, 1.165) is 22.5 Å². The molecule has 1 N–H and O–H groups in total.